The maximum Gasteiger partial charge on any atom is 0.125 e. The molecule has 0 unspecified atom stereocenters. The van der Waals surface area contributed by atoms with E-state index in [2.05, 4.69) is 126 Å². The number of likely N-dealkylation sites (N-methyl/N-ethyl adjacent to an activating group) is 1. The SMILES string of the molecule is C=N.C=NCC.CC.CC.CC.CN=C(N)c1ccc(-c2cc(C3=CC=C(CNC)CC3)cc(C(=NCc3ccccc3)c3ccccc3)c2)cc1. The summed E-state index contributed by atoms with van der Waals surface area (Å²) in [6, 6.07) is 36.1. The van der Waals surface area contributed by atoms with Crippen molar-refractivity contribution in [1.82, 2.24) is 5.32 Å². The predicted molar refractivity (Wildman–Crippen MR) is 234 cm³/mol. The van der Waals surface area contributed by atoms with E-state index in [0.29, 0.717) is 12.4 Å². The number of allylic oxidation sites excluding steroid dienone is 3. The van der Waals surface area contributed by atoms with Crippen molar-refractivity contribution in [3.05, 3.63) is 149 Å². The first-order chi connectivity index (χ1) is 25.6. The number of amidine groups is 1. The third-order valence-corrected chi connectivity index (χ3v) is 7.51. The van der Waals surface area contributed by atoms with Crippen molar-refractivity contribution >= 4 is 30.6 Å². The molecule has 278 valence electrons. The number of aliphatic imine (C=N–C) groups is 3. The van der Waals surface area contributed by atoms with Crippen LogP contribution in [0.2, 0.25) is 0 Å². The Balaban J connectivity index is 0.00000194. The number of benzene rings is 4. The standard InChI is InChI=1S/C36H36N4.C3H7N.3C2H6.CH3N/c1-38-24-27-13-15-28(16-14-27)32-21-33(29-17-19-31(20-18-29)36(37)39-2)23-34(22-32)35(30-11-7-4-8-12-30)40-25-26-9-5-3-6-10-26;1-3-4-2;4*1-2/h3-13,15,17-23,38H,14,16,24-25H2,1-2H3,(H2,37,39);2-3H2,1H3;3*1-2H3;2H,1H2. The lowest BCUT2D eigenvalue weighted by atomic mass is 9.88. The average Bonchev–Trinajstić information content (AvgIpc) is 3.24. The van der Waals surface area contributed by atoms with Crippen LogP contribution in [0.25, 0.3) is 16.7 Å². The highest BCUT2D eigenvalue weighted by Crippen LogP contribution is 2.32. The maximum absolute atomic E-state index is 6.06. The Hall–Kier alpha value is -5.20. The van der Waals surface area contributed by atoms with Gasteiger partial charge in [-0.25, -0.2) is 0 Å². The fraction of sp³-hybridized carbons (Fsp3) is 0.304. The molecule has 0 aliphatic heterocycles. The molecule has 0 bridgehead atoms. The van der Waals surface area contributed by atoms with Crippen LogP contribution in [0.15, 0.2) is 136 Å². The fourth-order valence-corrected chi connectivity index (χ4v) is 5.07. The number of nitrogens with two attached hydrogens (primary N) is 1. The summed E-state index contributed by atoms with van der Waals surface area (Å²) >= 11 is 0. The van der Waals surface area contributed by atoms with Crippen LogP contribution in [0.3, 0.4) is 0 Å². The van der Waals surface area contributed by atoms with Crippen molar-refractivity contribution in [2.24, 2.45) is 20.7 Å². The lowest BCUT2D eigenvalue weighted by molar-refractivity contribution is 0.820. The van der Waals surface area contributed by atoms with E-state index in [-0.39, 0.29) is 0 Å². The van der Waals surface area contributed by atoms with Crippen LogP contribution in [-0.4, -0.2) is 52.2 Å². The molecule has 0 fully saturated rings. The van der Waals surface area contributed by atoms with E-state index < -0.39 is 0 Å². The molecule has 5 rings (SSSR count). The van der Waals surface area contributed by atoms with Crippen molar-refractivity contribution < 1.29 is 0 Å². The van der Waals surface area contributed by atoms with E-state index >= 15 is 0 Å². The van der Waals surface area contributed by atoms with Gasteiger partial charge in [0.1, 0.15) is 5.84 Å². The first-order valence-electron chi connectivity index (χ1n) is 18.5. The number of nitrogens with one attached hydrogen (secondary N) is 2. The third kappa shape index (κ3) is 15.8. The number of nitrogens with zero attached hydrogens (tertiary/aromatic N) is 3. The average molecular weight is 701 g/mol. The number of rotatable bonds is 10. The van der Waals surface area contributed by atoms with Gasteiger partial charge < -0.3 is 21.5 Å². The molecule has 0 atom stereocenters. The number of hydrogen-bond acceptors (Lipinski definition) is 5. The Bertz CT molecular complexity index is 1650. The minimum Gasteiger partial charge on any atom is -0.384 e. The minimum absolute atomic E-state index is 0.539. The largest absolute Gasteiger partial charge is 0.384 e. The van der Waals surface area contributed by atoms with Gasteiger partial charge in [0.05, 0.1) is 12.3 Å². The molecule has 1 aliphatic rings. The van der Waals surface area contributed by atoms with E-state index in [0.717, 1.165) is 59.5 Å². The molecule has 0 saturated carbocycles. The Kier molecular flexibility index (Phi) is 26.6. The molecule has 0 heterocycles. The van der Waals surface area contributed by atoms with Crippen LogP contribution in [-0.2, 0) is 6.54 Å². The summed E-state index contributed by atoms with van der Waals surface area (Å²) in [7, 11) is 3.72. The molecular formula is C46H64N6. The predicted octanol–water partition coefficient (Wildman–Crippen LogP) is 11.1. The Morgan fingerprint density at radius 3 is 1.77 bits per heavy atom. The second-order valence-corrected chi connectivity index (χ2v) is 10.6. The molecule has 0 amide bonds. The van der Waals surface area contributed by atoms with E-state index in [1.807, 2.05) is 73.7 Å². The van der Waals surface area contributed by atoms with Gasteiger partial charge in [0, 0.05) is 36.8 Å². The van der Waals surface area contributed by atoms with Crippen LogP contribution < -0.4 is 11.1 Å². The minimum atomic E-state index is 0.539. The summed E-state index contributed by atoms with van der Waals surface area (Å²) in [5.74, 6) is 0.539. The summed E-state index contributed by atoms with van der Waals surface area (Å²) < 4.78 is 0. The Morgan fingerprint density at radius 1 is 0.712 bits per heavy atom. The van der Waals surface area contributed by atoms with Crippen LogP contribution >= 0.6 is 0 Å². The fourth-order valence-electron chi connectivity index (χ4n) is 5.07. The van der Waals surface area contributed by atoms with Gasteiger partial charge in [-0.05, 0) is 86.3 Å². The molecular weight excluding hydrogens is 637 g/mol. The zero-order valence-electron chi connectivity index (χ0n) is 33.3. The Morgan fingerprint density at radius 2 is 1.27 bits per heavy atom. The Labute approximate surface area is 316 Å². The van der Waals surface area contributed by atoms with Crippen LogP contribution in [0.1, 0.15) is 89.1 Å². The first kappa shape index (κ1) is 46.8. The van der Waals surface area contributed by atoms with Gasteiger partial charge in [-0.15, -0.1) is 0 Å². The van der Waals surface area contributed by atoms with Gasteiger partial charge in [0.2, 0.25) is 0 Å². The van der Waals surface area contributed by atoms with E-state index in [1.54, 1.807) is 7.05 Å². The summed E-state index contributed by atoms with van der Waals surface area (Å²) in [5.41, 5.74) is 17.7. The normalized spacial score (nSPS) is 11.7. The lowest BCUT2D eigenvalue weighted by Gasteiger charge is -2.18. The second kappa shape index (κ2) is 29.5. The second-order valence-electron chi connectivity index (χ2n) is 10.6. The molecule has 0 saturated heterocycles. The molecule has 6 nitrogen and oxygen atoms in total. The van der Waals surface area contributed by atoms with Crippen molar-refractivity contribution in [1.29, 1.82) is 5.41 Å². The van der Waals surface area contributed by atoms with Crippen LogP contribution in [0.5, 0.6) is 0 Å². The van der Waals surface area contributed by atoms with Crippen molar-refractivity contribution in [3.63, 3.8) is 0 Å². The highest BCUT2D eigenvalue weighted by molar-refractivity contribution is 6.13. The van der Waals surface area contributed by atoms with Crippen molar-refractivity contribution in [2.75, 3.05) is 27.2 Å². The van der Waals surface area contributed by atoms with Crippen molar-refractivity contribution in [2.45, 2.75) is 67.9 Å². The summed E-state index contributed by atoms with van der Waals surface area (Å²) in [4.78, 5) is 12.8. The van der Waals surface area contributed by atoms with Gasteiger partial charge in [-0.2, -0.15) is 0 Å². The molecule has 6 heteroatoms. The van der Waals surface area contributed by atoms with E-state index in [1.165, 1.54) is 22.3 Å². The molecule has 0 aromatic heterocycles. The summed E-state index contributed by atoms with van der Waals surface area (Å²) in [5, 5.41) is 8.78. The van der Waals surface area contributed by atoms with E-state index in [4.69, 9.17) is 16.1 Å². The highest BCUT2D eigenvalue weighted by Gasteiger charge is 2.15. The smallest absolute Gasteiger partial charge is 0.125 e. The summed E-state index contributed by atoms with van der Waals surface area (Å²) in [6.45, 7) is 22.1. The molecule has 52 heavy (non-hydrogen) atoms. The van der Waals surface area contributed by atoms with Gasteiger partial charge in [-0.3, -0.25) is 9.98 Å². The summed E-state index contributed by atoms with van der Waals surface area (Å²) in [6.07, 6.45) is 6.62. The zero-order chi connectivity index (χ0) is 39.1. The van der Waals surface area contributed by atoms with Gasteiger partial charge in [0.15, 0.2) is 0 Å². The van der Waals surface area contributed by atoms with Crippen molar-refractivity contribution in [3.8, 4) is 11.1 Å². The highest BCUT2D eigenvalue weighted by atomic mass is 14.8. The molecule has 0 spiro atoms. The van der Waals surface area contributed by atoms with Crippen LogP contribution in [0, 0.1) is 5.41 Å². The quantitative estimate of drug-likeness (QED) is 0.113. The molecule has 4 aromatic carbocycles. The molecule has 1 aliphatic carbocycles. The molecule has 0 radical (unpaired) electrons. The monoisotopic (exact) mass is 701 g/mol. The van der Waals surface area contributed by atoms with E-state index in [9.17, 15) is 0 Å². The lowest BCUT2D eigenvalue weighted by Crippen LogP contribution is -2.12. The zero-order valence-corrected chi connectivity index (χ0v) is 33.3. The molecule has 4 N–H and O–H groups in total. The molecule has 4 aromatic rings. The van der Waals surface area contributed by atoms with Crippen LogP contribution in [0.4, 0.5) is 0 Å². The number of hydrogen-bond donors (Lipinski definition) is 3. The third-order valence-electron chi connectivity index (χ3n) is 7.51. The van der Waals surface area contributed by atoms with Gasteiger partial charge in [-0.1, -0.05) is 144 Å². The van der Waals surface area contributed by atoms with Gasteiger partial charge in [0.25, 0.3) is 0 Å². The maximum atomic E-state index is 6.06. The first-order valence-corrected chi connectivity index (χ1v) is 18.5. The van der Waals surface area contributed by atoms with Gasteiger partial charge >= 0.3 is 0 Å². The topological polar surface area (TPSA) is 99.0 Å².